The van der Waals surface area contributed by atoms with Crippen molar-refractivity contribution in [1.29, 1.82) is 0 Å². The number of carbonyl (C=O) groups is 2. The largest absolute Gasteiger partial charge is 0.465 e. The van der Waals surface area contributed by atoms with Crippen LogP contribution >= 0.6 is 0 Å². The number of halogens is 1. The summed E-state index contributed by atoms with van der Waals surface area (Å²) in [5.74, 6) is -1.56. The number of aromatic amines is 1. The zero-order valence-electron chi connectivity index (χ0n) is 15.0. The molecule has 0 atom stereocenters. The van der Waals surface area contributed by atoms with Crippen molar-refractivity contribution >= 4 is 17.6 Å². The van der Waals surface area contributed by atoms with Gasteiger partial charge in [0, 0.05) is 11.4 Å². The molecule has 1 amide bonds. The first-order chi connectivity index (χ1) is 13.0. The maximum Gasteiger partial charge on any atom is 0.339 e. The zero-order valence-corrected chi connectivity index (χ0v) is 15.0. The molecule has 2 aromatic heterocycles. The van der Waals surface area contributed by atoms with Gasteiger partial charge in [-0.1, -0.05) is 6.92 Å². The predicted molar refractivity (Wildman–Crippen MR) is 95.5 cm³/mol. The molecular formula is C18H18FN5O3. The average molecular weight is 371 g/mol. The Bertz CT molecular complexity index is 995. The van der Waals surface area contributed by atoms with E-state index in [4.69, 9.17) is 4.74 Å². The van der Waals surface area contributed by atoms with Crippen molar-refractivity contribution < 1.29 is 18.7 Å². The lowest BCUT2D eigenvalue weighted by atomic mass is 10.1. The second-order valence-electron chi connectivity index (χ2n) is 5.78. The van der Waals surface area contributed by atoms with Gasteiger partial charge in [-0.3, -0.25) is 4.79 Å². The maximum absolute atomic E-state index is 14.3. The van der Waals surface area contributed by atoms with Crippen LogP contribution in [0.4, 0.5) is 10.1 Å². The number of carbonyl (C=O) groups excluding carboxylic acids is 2. The second-order valence-corrected chi connectivity index (χ2v) is 5.78. The molecule has 0 saturated heterocycles. The van der Waals surface area contributed by atoms with Crippen LogP contribution in [0.15, 0.2) is 30.9 Å². The van der Waals surface area contributed by atoms with Gasteiger partial charge in [0.1, 0.15) is 24.0 Å². The fourth-order valence-corrected chi connectivity index (χ4v) is 2.83. The van der Waals surface area contributed by atoms with Gasteiger partial charge in [-0.05, 0) is 37.1 Å². The van der Waals surface area contributed by atoms with E-state index in [1.165, 1.54) is 36.6 Å². The van der Waals surface area contributed by atoms with Crippen LogP contribution in [0.2, 0.25) is 0 Å². The lowest BCUT2D eigenvalue weighted by Gasteiger charge is -2.08. The molecule has 1 aromatic carbocycles. The minimum absolute atomic E-state index is 0.211. The number of nitrogens with zero attached hydrogens (tertiary/aromatic N) is 3. The Morgan fingerprint density at radius 2 is 2.15 bits per heavy atom. The first-order valence-corrected chi connectivity index (χ1v) is 8.21. The fraction of sp³-hybridized carbons (Fsp3) is 0.222. The van der Waals surface area contributed by atoms with Crippen LogP contribution < -0.4 is 5.32 Å². The van der Waals surface area contributed by atoms with Crippen LogP contribution in [-0.2, 0) is 11.2 Å². The molecule has 0 fully saturated rings. The van der Waals surface area contributed by atoms with Gasteiger partial charge in [0.2, 0.25) is 0 Å². The normalized spacial score (nSPS) is 10.7. The van der Waals surface area contributed by atoms with E-state index in [1.54, 1.807) is 13.0 Å². The molecule has 2 N–H and O–H groups in total. The van der Waals surface area contributed by atoms with Crippen molar-refractivity contribution in [2.24, 2.45) is 0 Å². The smallest absolute Gasteiger partial charge is 0.339 e. The van der Waals surface area contributed by atoms with Gasteiger partial charge in [-0.25, -0.2) is 18.9 Å². The van der Waals surface area contributed by atoms with E-state index >= 15 is 0 Å². The number of H-pyrrole nitrogens is 1. The lowest BCUT2D eigenvalue weighted by Crippen LogP contribution is -2.14. The summed E-state index contributed by atoms with van der Waals surface area (Å²) in [6, 6.07) is 4.23. The number of aromatic nitrogens is 4. The molecule has 8 nitrogen and oxygen atoms in total. The van der Waals surface area contributed by atoms with E-state index in [2.05, 4.69) is 20.4 Å². The number of anilines is 1. The number of aryl methyl sites for hydroxylation is 1. The molecule has 0 aliphatic carbocycles. The quantitative estimate of drug-likeness (QED) is 0.672. The van der Waals surface area contributed by atoms with Crippen LogP contribution in [-0.4, -0.2) is 38.7 Å². The Labute approximate surface area is 154 Å². The molecule has 0 bridgehead atoms. The minimum Gasteiger partial charge on any atom is -0.465 e. The highest BCUT2D eigenvalue weighted by Crippen LogP contribution is 2.22. The van der Waals surface area contributed by atoms with Crippen molar-refractivity contribution in [1.82, 2.24) is 19.7 Å². The molecule has 0 saturated carbocycles. The topological polar surface area (TPSA) is 102 Å². The Balaban J connectivity index is 1.87. The summed E-state index contributed by atoms with van der Waals surface area (Å²) in [5, 5.41) is 6.50. The molecule has 3 rings (SSSR count). The minimum atomic E-state index is -0.564. The summed E-state index contributed by atoms with van der Waals surface area (Å²) in [7, 11) is 1.29. The Kier molecular flexibility index (Phi) is 5.02. The average Bonchev–Trinajstić information content (AvgIpc) is 3.29. The Hall–Kier alpha value is -3.49. The van der Waals surface area contributed by atoms with E-state index in [1.807, 2.05) is 6.92 Å². The van der Waals surface area contributed by atoms with E-state index in [0.29, 0.717) is 23.2 Å². The van der Waals surface area contributed by atoms with Crippen LogP contribution in [0.3, 0.4) is 0 Å². The highest BCUT2D eigenvalue weighted by atomic mass is 19.1. The standard InChI is InChI=1S/C18H18FN5O3/c1-4-13-15(18(26)27-3)10(2)16(23-13)17(25)22-11-5-6-14(12(19)7-11)24-9-20-8-21-24/h5-9,23H,4H2,1-3H3,(H,22,25). The molecule has 0 spiro atoms. The van der Waals surface area contributed by atoms with E-state index in [-0.39, 0.29) is 17.1 Å². The van der Waals surface area contributed by atoms with Gasteiger partial charge in [0.25, 0.3) is 5.91 Å². The first-order valence-electron chi connectivity index (χ1n) is 8.21. The third kappa shape index (κ3) is 3.43. The van der Waals surface area contributed by atoms with Crippen molar-refractivity contribution in [2.45, 2.75) is 20.3 Å². The molecule has 0 unspecified atom stereocenters. The Morgan fingerprint density at radius 1 is 1.37 bits per heavy atom. The summed E-state index contributed by atoms with van der Waals surface area (Å²) in [5.41, 5.74) is 2.15. The SMILES string of the molecule is CCc1[nH]c(C(=O)Nc2ccc(-n3cncn3)c(F)c2)c(C)c1C(=O)OC. The van der Waals surface area contributed by atoms with E-state index in [0.717, 1.165) is 0 Å². The van der Waals surface area contributed by atoms with Gasteiger partial charge in [-0.15, -0.1) is 0 Å². The second kappa shape index (κ2) is 7.40. The van der Waals surface area contributed by atoms with Crippen molar-refractivity contribution in [3.05, 3.63) is 59.2 Å². The molecule has 0 aliphatic heterocycles. The number of hydrogen-bond acceptors (Lipinski definition) is 5. The summed E-state index contributed by atoms with van der Waals surface area (Å²) in [6.07, 6.45) is 3.20. The van der Waals surface area contributed by atoms with Crippen molar-refractivity contribution in [3.8, 4) is 5.69 Å². The van der Waals surface area contributed by atoms with Crippen LogP contribution in [0.1, 0.15) is 39.0 Å². The molecule has 3 aromatic rings. The number of hydrogen-bond donors (Lipinski definition) is 2. The summed E-state index contributed by atoms with van der Waals surface area (Å²) in [6.45, 7) is 3.52. The number of nitrogens with one attached hydrogen (secondary N) is 2. The number of rotatable bonds is 5. The van der Waals surface area contributed by atoms with Gasteiger partial charge in [0.15, 0.2) is 5.82 Å². The van der Waals surface area contributed by atoms with Gasteiger partial charge in [-0.2, -0.15) is 5.10 Å². The van der Waals surface area contributed by atoms with Crippen LogP contribution in [0, 0.1) is 12.7 Å². The highest BCUT2D eigenvalue weighted by Gasteiger charge is 2.23. The zero-order chi connectivity index (χ0) is 19.6. The molecule has 27 heavy (non-hydrogen) atoms. The lowest BCUT2D eigenvalue weighted by molar-refractivity contribution is 0.0599. The molecule has 2 heterocycles. The third-order valence-electron chi connectivity index (χ3n) is 4.17. The number of ether oxygens (including phenoxy) is 1. The highest BCUT2D eigenvalue weighted by molar-refractivity contribution is 6.06. The van der Waals surface area contributed by atoms with Crippen LogP contribution in [0.25, 0.3) is 5.69 Å². The molecule has 0 radical (unpaired) electrons. The number of methoxy groups -OCH3 is 1. The predicted octanol–water partition coefficient (Wildman–Crippen LogP) is 2.64. The summed E-state index contributed by atoms with van der Waals surface area (Å²) in [4.78, 5) is 31.3. The van der Waals surface area contributed by atoms with Crippen LogP contribution in [0.5, 0.6) is 0 Å². The Morgan fingerprint density at radius 3 is 2.74 bits per heavy atom. The monoisotopic (exact) mass is 371 g/mol. The summed E-state index contributed by atoms with van der Waals surface area (Å²) >= 11 is 0. The number of amides is 1. The number of benzene rings is 1. The van der Waals surface area contributed by atoms with Crippen molar-refractivity contribution in [3.63, 3.8) is 0 Å². The maximum atomic E-state index is 14.3. The van der Waals surface area contributed by atoms with E-state index in [9.17, 15) is 14.0 Å². The third-order valence-corrected chi connectivity index (χ3v) is 4.17. The van der Waals surface area contributed by atoms with Gasteiger partial charge < -0.3 is 15.0 Å². The van der Waals surface area contributed by atoms with Gasteiger partial charge >= 0.3 is 5.97 Å². The summed E-state index contributed by atoms with van der Waals surface area (Å²) < 4.78 is 20.4. The molecule has 9 heteroatoms. The van der Waals surface area contributed by atoms with E-state index < -0.39 is 17.7 Å². The number of esters is 1. The first kappa shape index (κ1) is 18.3. The molecule has 140 valence electrons. The fourth-order valence-electron chi connectivity index (χ4n) is 2.83. The van der Waals surface area contributed by atoms with Crippen molar-refractivity contribution in [2.75, 3.05) is 12.4 Å². The molecular weight excluding hydrogens is 353 g/mol. The molecule has 0 aliphatic rings. The van der Waals surface area contributed by atoms with Gasteiger partial charge in [0.05, 0.1) is 12.7 Å².